The van der Waals surface area contributed by atoms with Crippen LogP contribution >= 0.6 is 0 Å². The number of hydrogen-bond acceptors (Lipinski definition) is 0. The fourth-order valence-corrected chi connectivity index (χ4v) is 1.31. The van der Waals surface area contributed by atoms with Gasteiger partial charge in [-0.1, -0.05) is 42.8 Å². The first-order valence-corrected chi connectivity index (χ1v) is 4.14. The molecule has 0 N–H and O–H groups in total. The molecule has 0 aliphatic heterocycles. The summed E-state index contributed by atoms with van der Waals surface area (Å²) in [7, 11) is 3.55. The van der Waals surface area contributed by atoms with Crippen LogP contribution in [0.1, 0.15) is 18.9 Å². The summed E-state index contributed by atoms with van der Waals surface area (Å²) < 4.78 is 0. The Morgan fingerprint density at radius 3 is 2.60 bits per heavy atom. The molecule has 0 amide bonds. The first-order chi connectivity index (χ1) is 4.84. The van der Waals surface area contributed by atoms with Crippen molar-refractivity contribution < 1.29 is 0 Å². The molecule has 0 aromatic heterocycles. The summed E-state index contributed by atoms with van der Waals surface area (Å²) >= 11 is 0. The summed E-state index contributed by atoms with van der Waals surface area (Å²) in [5.74, 6) is 0. The normalized spacial score (nSPS) is 9.80. The predicted molar refractivity (Wildman–Crippen MR) is 45.8 cm³/mol. The molecule has 1 aromatic rings. The van der Waals surface area contributed by atoms with Crippen LogP contribution in [0.25, 0.3) is 0 Å². The summed E-state index contributed by atoms with van der Waals surface area (Å²) in [4.78, 5) is 0. The van der Waals surface area contributed by atoms with Gasteiger partial charge in [-0.15, -0.1) is 0 Å². The first kappa shape index (κ1) is 7.54. The van der Waals surface area contributed by atoms with E-state index in [2.05, 4.69) is 35.4 Å². The summed E-state index contributed by atoms with van der Waals surface area (Å²) in [6.07, 6.45) is 2.38. The molecule has 0 aliphatic rings. The first-order valence-electron chi connectivity index (χ1n) is 3.64. The topological polar surface area (TPSA) is 0 Å². The zero-order valence-electron chi connectivity index (χ0n) is 6.22. The van der Waals surface area contributed by atoms with Crippen molar-refractivity contribution in [3.05, 3.63) is 29.8 Å². The van der Waals surface area contributed by atoms with Crippen molar-refractivity contribution in [2.75, 3.05) is 0 Å². The molecule has 10 heavy (non-hydrogen) atoms. The second-order valence-electron chi connectivity index (χ2n) is 2.41. The van der Waals surface area contributed by atoms with Crippen molar-refractivity contribution in [3.8, 4) is 0 Å². The molecular formula is C9H11Si. The standard InChI is InChI=1S/C9H11Si/c1-2-5-8-6-3-4-7-9(8)10/h3-4,6-7H,2,5H2,1H3. The lowest BCUT2D eigenvalue weighted by molar-refractivity contribution is 0.927. The Balaban J connectivity index is 2.81. The third-order valence-corrected chi connectivity index (χ3v) is 2.02. The van der Waals surface area contributed by atoms with E-state index in [-0.39, 0.29) is 0 Å². The molecule has 0 nitrogen and oxygen atoms in total. The fraction of sp³-hybridized carbons (Fsp3) is 0.333. The minimum absolute atomic E-state index is 1.17. The molecule has 3 radical (unpaired) electrons. The highest BCUT2D eigenvalue weighted by Gasteiger charge is 1.92. The van der Waals surface area contributed by atoms with Crippen LogP contribution in [0.3, 0.4) is 0 Å². The Kier molecular flexibility index (Phi) is 2.69. The summed E-state index contributed by atoms with van der Waals surface area (Å²) in [6, 6.07) is 8.36. The molecule has 0 aliphatic carbocycles. The van der Waals surface area contributed by atoms with Crippen molar-refractivity contribution in [1.82, 2.24) is 0 Å². The average Bonchev–Trinajstić information content (AvgIpc) is 1.94. The largest absolute Gasteiger partial charge is 0.0715 e. The second-order valence-corrected chi connectivity index (χ2v) is 2.95. The van der Waals surface area contributed by atoms with Gasteiger partial charge in [0.2, 0.25) is 0 Å². The van der Waals surface area contributed by atoms with Gasteiger partial charge in [-0.2, -0.15) is 0 Å². The molecule has 0 bridgehead atoms. The van der Waals surface area contributed by atoms with Crippen molar-refractivity contribution in [3.63, 3.8) is 0 Å². The van der Waals surface area contributed by atoms with E-state index in [0.29, 0.717) is 0 Å². The Hall–Kier alpha value is -0.563. The zero-order valence-corrected chi connectivity index (χ0v) is 7.22. The second kappa shape index (κ2) is 3.57. The lowest BCUT2D eigenvalue weighted by Gasteiger charge is -2.01. The molecule has 0 unspecified atom stereocenters. The lowest BCUT2D eigenvalue weighted by atomic mass is 10.1. The van der Waals surface area contributed by atoms with E-state index < -0.39 is 0 Å². The maximum atomic E-state index is 3.55. The van der Waals surface area contributed by atoms with Crippen LogP contribution in [-0.2, 0) is 6.42 Å². The highest BCUT2D eigenvalue weighted by Crippen LogP contribution is 1.97. The fourth-order valence-electron chi connectivity index (χ4n) is 1.01. The van der Waals surface area contributed by atoms with Crippen LogP contribution in [-0.4, -0.2) is 10.2 Å². The summed E-state index contributed by atoms with van der Waals surface area (Å²) in [5, 5.41) is 1.23. The van der Waals surface area contributed by atoms with Gasteiger partial charge in [0.25, 0.3) is 0 Å². The Bertz CT molecular complexity index is 206. The van der Waals surface area contributed by atoms with Gasteiger partial charge in [0.15, 0.2) is 0 Å². The van der Waals surface area contributed by atoms with E-state index in [1.807, 2.05) is 6.07 Å². The maximum absolute atomic E-state index is 3.55. The van der Waals surface area contributed by atoms with E-state index in [1.165, 1.54) is 23.6 Å². The van der Waals surface area contributed by atoms with Gasteiger partial charge in [0, 0.05) is 0 Å². The van der Waals surface area contributed by atoms with Crippen LogP contribution in [0.15, 0.2) is 24.3 Å². The van der Waals surface area contributed by atoms with Gasteiger partial charge in [-0.25, -0.2) is 0 Å². The van der Waals surface area contributed by atoms with Gasteiger partial charge < -0.3 is 0 Å². The molecule has 51 valence electrons. The molecule has 0 atom stereocenters. The molecule has 1 rings (SSSR count). The van der Waals surface area contributed by atoms with Crippen molar-refractivity contribution in [2.24, 2.45) is 0 Å². The molecule has 0 fully saturated rings. The van der Waals surface area contributed by atoms with Gasteiger partial charge in [0.1, 0.15) is 0 Å². The minimum Gasteiger partial charge on any atom is -0.0651 e. The van der Waals surface area contributed by atoms with E-state index in [1.54, 1.807) is 0 Å². The molecule has 0 saturated carbocycles. The Morgan fingerprint density at radius 1 is 1.30 bits per heavy atom. The third kappa shape index (κ3) is 1.71. The van der Waals surface area contributed by atoms with Crippen LogP contribution < -0.4 is 5.19 Å². The quantitative estimate of drug-likeness (QED) is 0.555. The highest BCUT2D eigenvalue weighted by atomic mass is 28.1. The van der Waals surface area contributed by atoms with Crippen LogP contribution in [0.4, 0.5) is 0 Å². The highest BCUT2D eigenvalue weighted by molar-refractivity contribution is 6.33. The number of rotatable bonds is 2. The summed E-state index contributed by atoms with van der Waals surface area (Å²) in [6.45, 7) is 2.19. The SMILES string of the molecule is CCCc1ccccc1[Si]. The van der Waals surface area contributed by atoms with E-state index >= 15 is 0 Å². The maximum Gasteiger partial charge on any atom is 0.0715 e. The zero-order chi connectivity index (χ0) is 7.40. The molecule has 1 heteroatoms. The van der Waals surface area contributed by atoms with Crippen molar-refractivity contribution in [1.29, 1.82) is 0 Å². The molecular weight excluding hydrogens is 136 g/mol. The van der Waals surface area contributed by atoms with Gasteiger partial charge in [0.05, 0.1) is 10.2 Å². The van der Waals surface area contributed by atoms with E-state index in [0.717, 1.165) is 0 Å². The predicted octanol–water partition coefficient (Wildman–Crippen LogP) is 1.43. The average molecular weight is 147 g/mol. The molecule has 1 aromatic carbocycles. The van der Waals surface area contributed by atoms with Gasteiger partial charge in [-0.3, -0.25) is 0 Å². The summed E-state index contributed by atoms with van der Waals surface area (Å²) in [5.41, 5.74) is 1.40. The Morgan fingerprint density at radius 2 is 2.00 bits per heavy atom. The van der Waals surface area contributed by atoms with Gasteiger partial charge in [-0.05, 0) is 12.0 Å². The van der Waals surface area contributed by atoms with Crippen molar-refractivity contribution in [2.45, 2.75) is 19.8 Å². The molecule has 0 heterocycles. The van der Waals surface area contributed by atoms with Gasteiger partial charge >= 0.3 is 0 Å². The lowest BCUT2D eigenvalue weighted by Crippen LogP contribution is -2.08. The molecule has 0 spiro atoms. The van der Waals surface area contributed by atoms with Crippen LogP contribution in [0.5, 0.6) is 0 Å². The minimum atomic E-state index is 1.17. The van der Waals surface area contributed by atoms with E-state index in [4.69, 9.17) is 0 Å². The van der Waals surface area contributed by atoms with Crippen LogP contribution in [0.2, 0.25) is 0 Å². The Labute approximate surface area is 65.7 Å². The smallest absolute Gasteiger partial charge is 0.0651 e. The monoisotopic (exact) mass is 147 g/mol. The third-order valence-electron chi connectivity index (χ3n) is 1.54. The van der Waals surface area contributed by atoms with Crippen molar-refractivity contribution >= 4 is 15.4 Å². The number of aryl methyl sites for hydroxylation is 1. The molecule has 0 saturated heterocycles. The number of hydrogen-bond donors (Lipinski definition) is 0. The number of benzene rings is 1. The van der Waals surface area contributed by atoms with E-state index in [9.17, 15) is 0 Å². The van der Waals surface area contributed by atoms with Crippen LogP contribution in [0, 0.1) is 0 Å².